The first-order chi connectivity index (χ1) is 9.45. The third-order valence-corrected chi connectivity index (χ3v) is 4.55. The van der Waals surface area contributed by atoms with Gasteiger partial charge in [0.2, 0.25) is 0 Å². The molecule has 0 aliphatic rings. The van der Waals surface area contributed by atoms with Crippen LogP contribution in [0.25, 0.3) is 0 Å². The Kier molecular flexibility index (Phi) is 4.59. The summed E-state index contributed by atoms with van der Waals surface area (Å²) in [6, 6.07) is 7.39. The summed E-state index contributed by atoms with van der Waals surface area (Å²) in [5.74, 6) is -1.58. The average Bonchev–Trinajstić information content (AvgIpc) is 2.40. The van der Waals surface area contributed by atoms with E-state index in [1.165, 1.54) is 7.11 Å². The monoisotopic (exact) mass is 390 g/mol. The van der Waals surface area contributed by atoms with Crippen LogP contribution in [0.15, 0.2) is 30.3 Å². The van der Waals surface area contributed by atoms with Gasteiger partial charge in [0.05, 0.1) is 12.7 Å². The standard InChI is InChI=1S/C15H13F2IO2/c1-8-4-3-5-10(14(8)18)15(19)13-11(16)6-9(20-2)7-12(13)17/h3-7,15,19H,1-2H3. The second-order valence-corrected chi connectivity index (χ2v) is 5.46. The van der Waals surface area contributed by atoms with Crippen LogP contribution < -0.4 is 4.74 Å². The minimum Gasteiger partial charge on any atom is -0.497 e. The first kappa shape index (κ1) is 15.2. The van der Waals surface area contributed by atoms with E-state index < -0.39 is 17.7 Å². The van der Waals surface area contributed by atoms with Crippen molar-refractivity contribution in [1.82, 2.24) is 0 Å². The molecule has 1 unspecified atom stereocenters. The number of aliphatic hydroxyl groups is 1. The van der Waals surface area contributed by atoms with Gasteiger partial charge in [0, 0.05) is 15.7 Å². The lowest BCUT2D eigenvalue weighted by Gasteiger charge is -2.16. The van der Waals surface area contributed by atoms with E-state index in [4.69, 9.17) is 4.74 Å². The van der Waals surface area contributed by atoms with Crippen LogP contribution in [0.5, 0.6) is 5.75 Å². The Morgan fingerprint density at radius 3 is 2.35 bits per heavy atom. The van der Waals surface area contributed by atoms with E-state index in [1.807, 2.05) is 13.0 Å². The van der Waals surface area contributed by atoms with Gasteiger partial charge in [0.25, 0.3) is 0 Å². The molecule has 2 aromatic rings. The molecule has 20 heavy (non-hydrogen) atoms. The second-order valence-electron chi connectivity index (χ2n) is 4.39. The Labute approximate surface area is 129 Å². The van der Waals surface area contributed by atoms with E-state index in [0.29, 0.717) is 5.56 Å². The van der Waals surface area contributed by atoms with Gasteiger partial charge in [0.1, 0.15) is 23.5 Å². The van der Waals surface area contributed by atoms with Crippen LogP contribution in [0.2, 0.25) is 0 Å². The summed E-state index contributed by atoms with van der Waals surface area (Å²) in [5, 5.41) is 10.3. The SMILES string of the molecule is COc1cc(F)c(C(O)c2cccc(C)c2I)c(F)c1. The van der Waals surface area contributed by atoms with Gasteiger partial charge in [-0.05, 0) is 40.6 Å². The highest BCUT2D eigenvalue weighted by Gasteiger charge is 2.23. The molecule has 5 heteroatoms. The highest BCUT2D eigenvalue weighted by atomic mass is 127. The fourth-order valence-corrected chi connectivity index (χ4v) is 2.63. The molecular weight excluding hydrogens is 377 g/mol. The predicted octanol–water partition coefficient (Wildman–Crippen LogP) is 3.97. The van der Waals surface area contributed by atoms with E-state index >= 15 is 0 Å². The van der Waals surface area contributed by atoms with Crippen molar-refractivity contribution >= 4 is 22.6 Å². The zero-order valence-electron chi connectivity index (χ0n) is 11.0. The topological polar surface area (TPSA) is 29.5 Å². The molecule has 0 aliphatic heterocycles. The van der Waals surface area contributed by atoms with Crippen LogP contribution >= 0.6 is 22.6 Å². The molecule has 0 amide bonds. The number of hydrogen-bond donors (Lipinski definition) is 1. The maximum atomic E-state index is 14.0. The van der Waals surface area contributed by atoms with Crippen LogP contribution in [0, 0.1) is 22.1 Å². The van der Waals surface area contributed by atoms with Crippen LogP contribution in [-0.2, 0) is 0 Å². The lowest BCUT2D eigenvalue weighted by atomic mass is 9.99. The summed E-state index contributed by atoms with van der Waals surface area (Å²) in [6.45, 7) is 1.87. The molecule has 2 nitrogen and oxygen atoms in total. The van der Waals surface area contributed by atoms with Crippen molar-refractivity contribution in [3.63, 3.8) is 0 Å². The fourth-order valence-electron chi connectivity index (χ4n) is 1.98. The molecule has 1 N–H and O–H groups in total. The Bertz CT molecular complexity index is 621. The fraction of sp³-hybridized carbons (Fsp3) is 0.200. The Hall–Kier alpha value is -1.21. The first-order valence-electron chi connectivity index (χ1n) is 5.91. The molecule has 0 saturated carbocycles. The summed E-state index contributed by atoms with van der Waals surface area (Å²) in [6.07, 6.45) is -1.35. The molecule has 0 spiro atoms. The van der Waals surface area contributed by atoms with Crippen molar-refractivity contribution in [2.75, 3.05) is 7.11 Å². The van der Waals surface area contributed by atoms with Gasteiger partial charge in [0.15, 0.2) is 0 Å². The minimum atomic E-state index is -1.35. The van der Waals surface area contributed by atoms with Crippen LogP contribution in [0.3, 0.4) is 0 Å². The van der Waals surface area contributed by atoms with Crippen molar-refractivity contribution in [2.45, 2.75) is 13.0 Å². The first-order valence-corrected chi connectivity index (χ1v) is 6.99. The highest BCUT2D eigenvalue weighted by Crippen LogP contribution is 2.32. The maximum absolute atomic E-state index is 14.0. The summed E-state index contributed by atoms with van der Waals surface area (Å²) < 4.78 is 33.5. The lowest BCUT2D eigenvalue weighted by molar-refractivity contribution is 0.207. The zero-order valence-corrected chi connectivity index (χ0v) is 13.1. The molecule has 106 valence electrons. The quantitative estimate of drug-likeness (QED) is 0.804. The van der Waals surface area contributed by atoms with Gasteiger partial charge in [-0.2, -0.15) is 0 Å². The van der Waals surface area contributed by atoms with Crippen LogP contribution in [0.1, 0.15) is 22.8 Å². The smallest absolute Gasteiger partial charge is 0.135 e. The molecule has 1 atom stereocenters. The Morgan fingerprint density at radius 1 is 1.20 bits per heavy atom. The number of aliphatic hydroxyl groups excluding tert-OH is 1. The van der Waals surface area contributed by atoms with Crippen molar-refractivity contribution in [2.24, 2.45) is 0 Å². The number of ether oxygens (including phenoxy) is 1. The molecule has 0 aliphatic carbocycles. The molecule has 2 aromatic carbocycles. The van der Waals surface area contributed by atoms with E-state index in [1.54, 1.807) is 12.1 Å². The van der Waals surface area contributed by atoms with Crippen molar-refractivity contribution in [3.8, 4) is 5.75 Å². The predicted molar refractivity (Wildman–Crippen MR) is 80.9 cm³/mol. The van der Waals surface area contributed by atoms with Gasteiger partial charge in [-0.25, -0.2) is 8.78 Å². The number of benzene rings is 2. The number of rotatable bonds is 3. The third-order valence-electron chi connectivity index (χ3n) is 3.08. The average molecular weight is 390 g/mol. The number of hydrogen-bond acceptors (Lipinski definition) is 2. The number of aryl methyl sites for hydroxylation is 1. The van der Waals surface area contributed by atoms with Crippen molar-refractivity contribution < 1.29 is 18.6 Å². The van der Waals surface area contributed by atoms with Gasteiger partial charge >= 0.3 is 0 Å². The Morgan fingerprint density at radius 2 is 1.80 bits per heavy atom. The summed E-state index contributed by atoms with van der Waals surface area (Å²) in [7, 11) is 1.33. The molecule has 0 saturated heterocycles. The highest BCUT2D eigenvalue weighted by molar-refractivity contribution is 14.1. The molecule has 0 bridgehead atoms. The van der Waals surface area contributed by atoms with E-state index in [9.17, 15) is 13.9 Å². The molecular formula is C15H13F2IO2. The normalized spacial score (nSPS) is 12.3. The summed E-state index contributed by atoms with van der Waals surface area (Å²) >= 11 is 2.05. The Balaban J connectivity index is 2.54. The molecule has 0 heterocycles. The molecule has 2 rings (SSSR count). The molecule has 0 radical (unpaired) electrons. The van der Waals surface area contributed by atoms with Gasteiger partial charge in [-0.15, -0.1) is 0 Å². The second kappa shape index (κ2) is 6.05. The van der Waals surface area contributed by atoms with Crippen molar-refractivity contribution in [1.29, 1.82) is 0 Å². The number of methoxy groups -OCH3 is 1. The third kappa shape index (κ3) is 2.78. The largest absolute Gasteiger partial charge is 0.497 e. The summed E-state index contributed by atoms with van der Waals surface area (Å²) in [4.78, 5) is 0. The minimum absolute atomic E-state index is 0.0786. The van der Waals surface area contributed by atoms with Gasteiger partial charge in [-0.3, -0.25) is 0 Å². The van der Waals surface area contributed by atoms with Gasteiger partial charge in [-0.1, -0.05) is 18.2 Å². The zero-order chi connectivity index (χ0) is 14.9. The lowest BCUT2D eigenvalue weighted by Crippen LogP contribution is -2.08. The maximum Gasteiger partial charge on any atom is 0.135 e. The number of halogens is 3. The van der Waals surface area contributed by atoms with Gasteiger partial charge < -0.3 is 9.84 Å². The van der Waals surface area contributed by atoms with E-state index in [0.717, 1.165) is 21.3 Å². The van der Waals surface area contributed by atoms with E-state index in [-0.39, 0.29) is 11.3 Å². The van der Waals surface area contributed by atoms with Crippen molar-refractivity contribution in [3.05, 3.63) is 62.2 Å². The summed E-state index contributed by atoms with van der Waals surface area (Å²) in [5.41, 5.74) is 1.05. The van der Waals surface area contributed by atoms with E-state index in [2.05, 4.69) is 22.6 Å². The molecule has 0 aromatic heterocycles. The van der Waals surface area contributed by atoms with Crippen LogP contribution in [0.4, 0.5) is 8.78 Å². The van der Waals surface area contributed by atoms with Crippen LogP contribution in [-0.4, -0.2) is 12.2 Å². The molecule has 0 fully saturated rings.